The topological polar surface area (TPSA) is 68.9 Å². The molecule has 4 rings (SSSR count). The Bertz CT molecular complexity index is 1120. The molecule has 2 N–H and O–H groups in total. The maximum atomic E-state index is 13.6. The van der Waals surface area contributed by atoms with Crippen LogP contribution in [0.4, 0.5) is 10.2 Å². The molecule has 4 aromatic rings. The van der Waals surface area contributed by atoms with Gasteiger partial charge in [-0.3, -0.25) is 9.78 Å². The second-order valence-corrected chi connectivity index (χ2v) is 6.21. The van der Waals surface area contributed by atoms with Crippen LogP contribution in [0.3, 0.4) is 0 Å². The van der Waals surface area contributed by atoms with E-state index in [0.717, 1.165) is 41.0 Å². The van der Waals surface area contributed by atoms with Crippen LogP contribution in [-0.4, -0.2) is 16.3 Å². The average molecular weight is 345 g/mol. The third kappa shape index (κ3) is 2.88. The van der Waals surface area contributed by atoms with Crippen LogP contribution in [0.15, 0.2) is 54.7 Å². The number of nitrogen functional groups attached to an aromatic ring is 1. The van der Waals surface area contributed by atoms with Gasteiger partial charge in [-0.25, -0.2) is 9.37 Å². The third-order valence-electron chi connectivity index (χ3n) is 4.55. The summed E-state index contributed by atoms with van der Waals surface area (Å²) in [7, 11) is 0. The number of aryl methyl sites for hydroxylation is 2. The van der Waals surface area contributed by atoms with E-state index in [-0.39, 0.29) is 5.82 Å². The van der Waals surface area contributed by atoms with Gasteiger partial charge < -0.3 is 5.73 Å². The number of hydrogen-bond donors (Lipinski definition) is 1. The molecule has 0 amide bonds. The zero-order valence-corrected chi connectivity index (χ0v) is 13.9. The number of carbonyl (C=O) groups excluding carboxylic acids is 1. The van der Waals surface area contributed by atoms with Gasteiger partial charge in [0.15, 0.2) is 5.82 Å². The summed E-state index contributed by atoms with van der Waals surface area (Å²) >= 11 is 0. The molecule has 0 atom stereocenters. The predicted octanol–water partition coefficient (Wildman–Crippen LogP) is 4.10. The van der Waals surface area contributed by atoms with Gasteiger partial charge in [0, 0.05) is 28.6 Å². The molecule has 0 saturated heterocycles. The van der Waals surface area contributed by atoms with Gasteiger partial charge in [0.2, 0.25) is 0 Å². The number of anilines is 1. The Hall–Kier alpha value is -3.34. The summed E-state index contributed by atoms with van der Waals surface area (Å²) in [5.74, 6) is -0.0419. The molecular formula is C21H16FN3O. The Morgan fingerprint density at radius 1 is 1.04 bits per heavy atom. The SMILES string of the molecule is Nc1nc2cc(F)ccc2c2c(CCc3ccc(C=O)cc3)ccnc12. The number of fused-ring (bicyclic) bond motifs is 3. The average Bonchev–Trinajstić information content (AvgIpc) is 2.66. The first-order valence-corrected chi connectivity index (χ1v) is 8.32. The van der Waals surface area contributed by atoms with E-state index in [1.54, 1.807) is 12.3 Å². The molecule has 0 spiro atoms. The number of nitrogens with two attached hydrogens (primary N) is 1. The Balaban J connectivity index is 1.78. The highest BCUT2D eigenvalue weighted by atomic mass is 19.1. The monoisotopic (exact) mass is 345 g/mol. The lowest BCUT2D eigenvalue weighted by Crippen LogP contribution is -2.00. The van der Waals surface area contributed by atoms with Crippen LogP contribution in [-0.2, 0) is 12.8 Å². The fourth-order valence-corrected chi connectivity index (χ4v) is 3.24. The number of halogens is 1. The number of aldehydes is 1. The van der Waals surface area contributed by atoms with Crippen LogP contribution in [0.2, 0.25) is 0 Å². The van der Waals surface area contributed by atoms with E-state index in [4.69, 9.17) is 5.73 Å². The Morgan fingerprint density at radius 3 is 2.62 bits per heavy atom. The van der Waals surface area contributed by atoms with E-state index in [9.17, 15) is 9.18 Å². The van der Waals surface area contributed by atoms with Crippen LogP contribution in [0.1, 0.15) is 21.5 Å². The fourth-order valence-electron chi connectivity index (χ4n) is 3.24. The number of aromatic nitrogens is 2. The van der Waals surface area contributed by atoms with Crippen molar-refractivity contribution in [1.29, 1.82) is 0 Å². The molecule has 2 aromatic carbocycles. The lowest BCUT2D eigenvalue weighted by atomic mass is 9.98. The molecule has 0 saturated carbocycles. The van der Waals surface area contributed by atoms with Gasteiger partial charge in [-0.05, 0) is 42.2 Å². The number of nitrogens with zero attached hydrogens (tertiary/aromatic N) is 2. The van der Waals surface area contributed by atoms with Crippen molar-refractivity contribution in [3.63, 3.8) is 0 Å². The third-order valence-corrected chi connectivity index (χ3v) is 4.55. The van der Waals surface area contributed by atoms with E-state index in [1.165, 1.54) is 12.1 Å². The van der Waals surface area contributed by atoms with Crippen LogP contribution in [0, 0.1) is 5.82 Å². The van der Waals surface area contributed by atoms with Crippen molar-refractivity contribution in [3.8, 4) is 0 Å². The maximum absolute atomic E-state index is 13.6. The number of carbonyl (C=O) groups is 1. The maximum Gasteiger partial charge on any atom is 0.150 e. The molecule has 0 radical (unpaired) electrons. The standard InChI is InChI=1S/C21H16FN3O/c22-16-7-8-17-18(11-16)25-21(23)20-19(17)15(9-10-24-20)6-5-13-1-3-14(12-26)4-2-13/h1-4,7-12H,5-6H2,(H2,23,25). The minimum atomic E-state index is -0.343. The molecule has 0 aliphatic rings. The van der Waals surface area contributed by atoms with Crippen LogP contribution >= 0.6 is 0 Å². The molecule has 4 nitrogen and oxygen atoms in total. The summed E-state index contributed by atoms with van der Waals surface area (Å²) in [6, 6.07) is 14.0. The van der Waals surface area contributed by atoms with Crippen molar-refractivity contribution in [2.75, 3.05) is 5.73 Å². The number of hydrogen-bond acceptors (Lipinski definition) is 4. The minimum Gasteiger partial charge on any atom is -0.382 e. The van der Waals surface area contributed by atoms with Gasteiger partial charge in [-0.2, -0.15) is 0 Å². The minimum absolute atomic E-state index is 0.301. The molecule has 0 aliphatic heterocycles. The normalized spacial score (nSPS) is 11.1. The number of pyridine rings is 2. The molecule has 128 valence electrons. The van der Waals surface area contributed by atoms with Crippen molar-refractivity contribution < 1.29 is 9.18 Å². The summed E-state index contributed by atoms with van der Waals surface area (Å²) in [5, 5.41) is 1.76. The molecular weight excluding hydrogens is 329 g/mol. The zero-order chi connectivity index (χ0) is 18.1. The highest BCUT2D eigenvalue weighted by molar-refractivity contribution is 6.09. The highest BCUT2D eigenvalue weighted by Gasteiger charge is 2.12. The second kappa shape index (κ2) is 6.52. The Labute approximate surface area is 149 Å². The molecule has 5 heteroatoms. The quantitative estimate of drug-likeness (QED) is 0.446. The highest BCUT2D eigenvalue weighted by Crippen LogP contribution is 2.30. The van der Waals surface area contributed by atoms with Gasteiger partial charge in [-0.15, -0.1) is 0 Å². The summed E-state index contributed by atoms with van der Waals surface area (Å²) in [5.41, 5.74) is 10.1. The molecule has 2 heterocycles. The first-order chi connectivity index (χ1) is 12.7. The smallest absolute Gasteiger partial charge is 0.150 e. The van der Waals surface area contributed by atoms with E-state index in [1.807, 2.05) is 30.3 Å². The molecule has 0 aliphatic carbocycles. The second-order valence-electron chi connectivity index (χ2n) is 6.21. The first-order valence-electron chi connectivity index (χ1n) is 8.32. The van der Waals surface area contributed by atoms with E-state index < -0.39 is 0 Å². The summed E-state index contributed by atoms with van der Waals surface area (Å²) < 4.78 is 13.6. The zero-order valence-electron chi connectivity index (χ0n) is 13.9. The molecule has 2 aromatic heterocycles. The Morgan fingerprint density at radius 2 is 1.85 bits per heavy atom. The largest absolute Gasteiger partial charge is 0.382 e. The summed E-state index contributed by atoms with van der Waals surface area (Å²) in [6.45, 7) is 0. The molecule has 0 bridgehead atoms. The van der Waals surface area contributed by atoms with Crippen molar-refractivity contribution >= 4 is 33.9 Å². The van der Waals surface area contributed by atoms with Crippen molar-refractivity contribution in [2.45, 2.75) is 12.8 Å². The van der Waals surface area contributed by atoms with Crippen molar-refractivity contribution in [3.05, 3.63) is 77.2 Å². The number of benzene rings is 2. The van der Waals surface area contributed by atoms with Crippen molar-refractivity contribution in [2.24, 2.45) is 0 Å². The molecule has 26 heavy (non-hydrogen) atoms. The van der Waals surface area contributed by atoms with E-state index in [2.05, 4.69) is 9.97 Å². The first kappa shape index (κ1) is 16.1. The van der Waals surface area contributed by atoms with Gasteiger partial charge >= 0.3 is 0 Å². The summed E-state index contributed by atoms with van der Waals surface area (Å²) in [4.78, 5) is 19.4. The summed E-state index contributed by atoms with van der Waals surface area (Å²) in [6.07, 6.45) is 4.14. The van der Waals surface area contributed by atoms with Crippen LogP contribution in [0.5, 0.6) is 0 Å². The fraction of sp³-hybridized carbons (Fsp3) is 0.0952. The van der Waals surface area contributed by atoms with E-state index >= 15 is 0 Å². The van der Waals surface area contributed by atoms with Crippen LogP contribution < -0.4 is 5.73 Å². The van der Waals surface area contributed by atoms with Crippen molar-refractivity contribution in [1.82, 2.24) is 9.97 Å². The lowest BCUT2D eigenvalue weighted by Gasteiger charge is -2.11. The van der Waals surface area contributed by atoms with Gasteiger partial charge in [0.1, 0.15) is 17.6 Å². The molecule has 0 unspecified atom stereocenters. The van der Waals surface area contributed by atoms with E-state index in [0.29, 0.717) is 22.4 Å². The van der Waals surface area contributed by atoms with Crippen LogP contribution in [0.25, 0.3) is 21.8 Å². The predicted molar refractivity (Wildman–Crippen MR) is 101 cm³/mol. The molecule has 0 fully saturated rings. The lowest BCUT2D eigenvalue weighted by molar-refractivity contribution is 0.112. The van der Waals surface area contributed by atoms with Gasteiger partial charge in [0.05, 0.1) is 5.52 Å². The Kier molecular flexibility index (Phi) is 4.05. The number of rotatable bonds is 4. The van der Waals surface area contributed by atoms with Gasteiger partial charge in [0.25, 0.3) is 0 Å². The van der Waals surface area contributed by atoms with Gasteiger partial charge in [-0.1, -0.05) is 24.3 Å².